The smallest absolute Gasteiger partial charge is 0.463 e. The first-order valence-corrected chi connectivity index (χ1v) is 46.4. The maximum Gasteiger partial charge on any atom is 0.472 e. The zero-order chi connectivity index (χ0) is 80.8. The Bertz CT molecular complexity index is 2700. The summed E-state index contributed by atoms with van der Waals surface area (Å²) in [7, 11) is -9.82. The number of rotatable bonds is 81. The fraction of sp³-hybridized carbons (Fsp3) is 0.667. The van der Waals surface area contributed by atoms with Gasteiger partial charge in [-0.1, -0.05) is 339 Å². The highest BCUT2D eigenvalue weighted by Gasteiger charge is 2.29. The summed E-state index contributed by atoms with van der Waals surface area (Å²) < 4.78 is 61.3. The van der Waals surface area contributed by atoms with Gasteiger partial charge in [-0.3, -0.25) is 32.5 Å². The first-order valence-electron chi connectivity index (χ1n) is 43.4. The van der Waals surface area contributed by atoms with Crippen LogP contribution in [0.4, 0.5) is 0 Å². The molecule has 5 atom stereocenters. The molecule has 0 saturated carbocycles. The third-order valence-corrected chi connectivity index (χ3v) is 19.8. The van der Waals surface area contributed by atoms with Gasteiger partial charge < -0.3 is 34.2 Å². The second-order valence-corrected chi connectivity index (χ2v) is 31.5. The van der Waals surface area contributed by atoms with Crippen LogP contribution in [-0.2, 0) is 55.8 Å². The Labute approximate surface area is 675 Å². The van der Waals surface area contributed by atoms with E-state index in [9.17, 15) is 43.5 Å². The number of esters is 3. The van der Waals surface area contributed by atoms with Crippen molar-refractivity contribution in [2.45, 2.75) is 360 Å². The van der Waals surface area contributed by atoms with E-state index in [1.807, 2.05) is 0 Å². The van der Waals surface area contributed by atoms with Crippen LogP contribution in [0, 0.1) is 0 Å². The Balaban J connectivity index is 4.50. The van der Waals surface area contributed by atoms with E-state index in [2.05, 4.69) is 191 Å². The lowest BCUT2D eigenvalue weighted by Crippen LogP contribution is -2.30. The number of hydrogen-bond acceptors (Lipinski definition) is 14. The predicted molar refractivity (Wildman–Crippen MR) is 463 cm³/mol. The summed E-state index contributed by atoms with van der Waals surface area (Å²) in [5.41, 5.74) is 0. The van der Waals surface area contributed by atoms with Gasteiger partial charge in [-0.15, -0.1) is 0 Å². The number of ether oxygens (including phenoxy) is 3. The Morgan fingerprint density at radius 2 is 0.477 bits per heavy atom. The highest BCUT2D eigenvalue weighted by Crippen LogP contribution is 2.45. The molecule has 16 nitrogen and oxygen atoms in total. The van der Waals surface area contributed by atoms with Crippen LogP contribution in [0.25, 0.3) is 0 Å². The number of carbonyl (C=O) groups excluding carboxylic acids is 3. The van der Waals surface area contributed by atoms with Crippen LogP contribution in [0.2, 0.25) is 0 Å². The van der Waals surface area contributed by atoms with Crippen LogP contribution in [0.3, 0.4) is 0 Å². The van der Waals surface area contributed by atoms with Crippen LogP contribution in [0.1, 0.15) is 342 Å². The van der Waals surface area contributed by atoms with Crippen LogP contribution >= 0.6 is 15.6 Å². The Hall–Kier alpha value is -5.09. The number of allylic oxidation sites excluding steroid dienone is 28. The minimum Gasteiger partial charge on any atom is -0.463 e. The van der Waals surface area contributed by atoms with Gasteiger partial charge in [0, 0.05) is 19.3 Å². The van der Waals surface area contributed by atoms with E-state index in [4.69, 9.17) is 32.3 Å². The van der Waals surface area contributed by atoms with Crippen molar-refractivity contribution in [2.24, 2.45) is 0 Å². The normalized spacial score (nSPS) is 14.7. The van der Waals surface area contributed by atoms with Gasteiger partial charge in [0.2, 0.25) is 0 Å². The fourth-order valence-electron chi connectivity index (χ4n) is 11.4. The van der Waals surface area contributed by atoms with Gasteiger partial charge in [0.15, 0.2) is 6.10 Å². The lowest BCUT2D eigenvalue weighted by Gasteiger charge is -2.21. The summed E-state index contributed by atoms with van der Waals surface area (Å²) in [6.07, 6.45) is 108. The van der Waals surface area contributed by atoms with Crippen molar-refractivity contribution < 1.29 is 75.8 Å². The minimum atomic E-state index is -4.95. The molecule has 0 spiro atoms. The summed E-state index contributed by atoms with van der Waals surface area (Å²) in [5, 5.41) is 20.7. The molecule has 634 valence electrons. The quantitative estimate of drug-likeness (QED) is 0.0146. The Morgan fingerprint density at radius 1 is 0.261 bits per heavy atom. The van der Waals surface area contributed by atoms with Crippen molar-refractivity contribution in [1.29, 1.82) is 0 Å². The maximum atomic E-state index is 13.0. The molecule has 0 aliphatic carbocycles. The lowest BCUT2D eigenvalue weighted by atomic mass is 10.0. The van der Waals surface area contributed by atoms with E-state index in [0.717, 1.165) is 173 Å². The highest BCUT2D eigenvalue weighted by molar-refractivity contribution is 7.47. The standard InChI is InChI=1S/C93H156O16P2/c1-4-7-10-13-16-19-22-25-28-31-33-35-37-38-39-40-41-42-43-44-45-46-47-48-50-52-53-56-58-61-64-67-70-73-76-79-91(96)103-82-88(94)83-105-110(99,100)106-84-89(95)85-107-111(101,102)108-87-90(109-93(98)81-78-75-72-69-66-63-60-55-30-27-24-21-18-15-12-9-6-3)86-104-92(97)80-77-74-71-68-65-62-59-57-54-51-49-36-34-32-29-26-23-20-17-14-11-8-5-2/h7,9-10,12,16-21,25-30,33-36,38-39,41-42,51,54,60,63,88-90,94-95H,4-6,8,11,13-15,22-24,31-32,37,40,43-50,52-53,55-59,61-62,64-87H2,1-3H3,(H,99,100)(H,101,102)/b10-7-,12-9-,19-16-,20-17-,21-18-,28-25-,29-26-,30-27-,35-33-,36-34-,39-38-,42-41-,54-51-,63-60-. The summed E-state index contributed by atoms with van der Waals surface area (Å²) in [4.78, 5) is 58.8. The van der Waals surface area contributed by atoms with E-state index < -0.39 is 91.5 Å². The van der Waals surface area contributed by atoms with Crippen molar-refractivity contribution in [3.8, 4) is 0 Å². The third-order valence-electron chi connectivity index (χ3n) is 17.9. The number of aliphatic hydroxyl groups is 2. The molecule has 18 heteroatoms. The van der Waals surface area contributed by atoms with Crippen molar-refractivity contribution in [3.05, 3.63) is 170 Å². The predicted octanol–water partition coefficient (Wildman–Crippen LogP) is 26.3. The van der Waals surface area contributed by atoms with E-state index >= 15 is 0 Å². The monoisotopic (exact) mass is 1590 g/mol. The SMILES string of the molecule is CC/C=C\C/C=C\C/C=C\C/C=C\C/C=C\C/C=C\CCCCCCCCCCCCCCCCCCC(=O)OCC(O)COP(=O)(O)OCC(O)COP(=O)(O)OCC(COC(=O)CCCCCCCCC/C=C\C/C=C\C/C=C\C/C=C\CCCCC)OC(=O)CCCCCC/C=C\C/C=C\C/C=C\C/C=C\CC. The number of hydrogen-bond donors (Lipinski definition) is 4. The molecule has 4 N–H and O–H groups in total. The molecule has 0 amide bonds. The molecular weight excluding hydrogens is 1430 g/mol. The first-order chi connectivity index (χ1) is 54.2. The second kappa shape index (κ2) is 84.3. The van der Waals surface area contributed by atoms with Crippen LogP contribution in [0.15, 0.2) is 170 Å². The van der Waals surface area contributed by atoms with Gasteiger partial charge in [-0.25, -0.2) is 9.13 Å². The van der Waals surface area contributed by atoms with E-state index in [1.54, 1.807) is 0 Å². The average molecular weight is 1590 g/mol. The van der Waals surface area contributed by atoms with Crippen molar-refractivity contribution in [1.82, 2.24) is 0 Å². The van der Waals surface area contributed by atoms with E-state index in [-0.39, 0.29) is 19.3 Å². The maximum absolute atomic E-state index is 13.0. The molecule has 0 radical (unpaired) electrons. The molecule has 0 rings (SSSR count). The Morgan fingerprint density at radius 3 is 0.757 bits per heavy atom. The molecule has 111 heavy (non-hydrogen) atoms. The molecular formula is C93H156O16P2. The van der Waals surface area contributed by atoms with Gasteiger partial charge in [0.05, 0.1) is 26.4 Å². The lowest BCUT2D eigenvalue weighted by molar-refractivity contribution is -0.161. The van der Waals surface area contributed by atoms with Crippen LogP contribution < -0.4 is 0 Å². The van der Waals surface area contributed by atoms with Gasteiger partial charge in [-0.2, -0.15) is 0 Å². The molecule has 0 aromatic carbocycles. The third kappa shape index (κ3) is 85.6. The number of aliphatic hydroxyl groups excluding tert-OH is 2. The molecule has 0 aliphatic rings. The molecule has 0 fully saturated rings. The zero-order valence-electron chi connectivity index (χ0n) is 69.6. The van der Waals surface area contributed by atoms with Gasteiger partial charge in [0.1, 0.15) is 25.4 Å². The van der Waals surface area contributed by atoms with Crippen molar-refractivity contribution in [2.75, 3.05) is 39.6 Å². The molecule has 0 bridgehead atoms. The van der Waals surface area contributed by atoms with E-state index in [0.29, 0.717) is 19.3 Å². The van der Waals surface area contributed by atoms with Crippen molar-refractivity contribution >= 4 is 33.6 Å². The summed E-state index contributed by atoms with van der Waals surface area (Å²) in [6.45, 7) is 2.40. The van der Waals surface area contributed by atoms with Gasteiger partial charge >= 0.3 is 33.6 Å². The fourth-order valence-corrected chi connectivity index (χ4v) is 13.0. The van der Waals surface area contributed by atoms with Gasteiger partial charge in [-0.05, 0) is 154 Å². The topological polar surface area (TPSA) is 231 Å². The average Bonchev–Trinajstić information content (AvgIpc) is 0.901. The molecule has 5 unspecified atom stereocenters. The first kappa shape index (κ1) is 106. The molecule has 0 heterocycles. The van der Waals surface area contributed by atoms with Gasteiger partial charge in [0.25, 0.3) is 0 Å². The Kier molecular flexibility index (Phi) is 80.4. The molecule has 0 saturated heterocycles. The molecule has 0 aliphatic heterocycles. The van der Waals surface area contributed by atoms with Crippen LogP contribution in [0.5, 0.6) is 0 Å². The number of phosphoric acid groups is 2. The van der Waals surface area contributed by atoms with Crippen molar-refractivity contribution in [3.63, 3.8) is 0 Å². The summed E-state index contributed by atoms with van der Waals surface area (Å²) in [5.74, 6) is -1.61. The highest BCUT2D eigenvalue weighted by atomic mass is 31.2. The summed E-state index contributed by atoms with van der Waals surface area (Å²) >= 11 is 0. The molecule has 0 aromatic heterocycles. The summed E-state index contributed by atoms with van der Waals surface area (Å²) in [6, 6.07) is 0. The van der Waals surface area contributed by atoms with E-state index in [1.165, 1.54) is 109 Å². The molecule has 0 aromatic rings. The second-order valence-electron chi connectivity index (χ2n) is 28.6. The minimum absolute atomic E-state index is 0.0696. The number of carbonyl (C=O) groups is 3. The zero-order valence-corrected chi connectivity index (χ0v) is 71.4. The largest absolute Gasteiger partial charge is 0.472 e. The number of phosphoric ester groups is 2. The van der Waals surface area contributed by atoms with Crippen LogP contribution in [-0.4, -0.2) is 95.9 Å². The number of unbranched alkanes of at least 4 members (excludes halogenated alkanes) is 30.